The Hall–Kier alpha value is -3.89. The van der Waals surface area contributed by atoms with Crippen LogP contribution in [0.15, 0.2) is 84.5 Å². The summed E-state index contributed by atoms with van der Waals surface area (Å²) in [6.45, 7) is 3.67. The van der Waals surface area contributed by atoms with Crippen molar-refractivity contribution < 1.29 is 23.4 Å². The van der Waals surface area contributed by atoms with Crippen molar-refractivity contribution in [2.45, 2.75) is 19.9 Å². The van der Waals surface area contributed by atoms with Gasteiger partial charge in [-0.3, -0.25) is 9.36 Å². The monoisotopic (exact) mass is 608 g/mol. The zero-order valence-corrected chi connectivity index (χ0v) is 24.1. The smallest absolute Gasteiger partial charge is 0.338 e. The Labute approximate surface area is 236 Å². The third-order valence-electron chi connectivity index (χ3n) is 6.27. The summed E-state index contributed by atoms with van der Waals surface area (Å²) in [6.07, 6.45) is 1.70. The Morgan fingerprint density at radius 3 is 2.54 bits per heavy atom. The van der Waals surface area contributed by atoms with E-state index in [9.17, 15) is 9.59 Å². The Bertz CT molecular complexity index is 1760. The highest BCUT2D eigenvalue weighted by atomic mass is 79.9. The Morgan fingerprint density at radius 2 is 1.85 bits per heavy atom. The number of hydrogen-bond acceptors (Lipinski definition) is 8. The molecule has 0 fully saturated rings. The van der Waals surface area contributed by atoms with E-state index < -0.39 is 12.0 Å². The maximum Gasteiger partial charge on any atom is 0.338 e. The molecule has 1 aliphatic heterocycles. The quantitative estimate of drug-likeness (QED) is 0.279. The molecule has 0 saturated heterocycles. The molecule has 3 heterocycles. The molecule has 0 unspecified atom stereocenters. The average Bonchev–Trinajstić information content (AvgIpc) is 3.52. The van der Waals surface area contributed by atoms with Gasteiger partial charge in [0.1, 0.15) is 11.5 Å². The fraction of sp³-hybridized carbons (Fsp3) is 0.207. The predicted molar refractivity (Wildman–Crippen MR) is 152 cm³/mol. The van der Waals surface area contributed by atoms with Crippen molar-refractivity contribution in [2.24, 2.45) is 4.99 Å². The number of benzene rings is 2. The van der Waals surface area contributed by atoms with Crippen LogP contribution in [0.5, 0.6) is 11.5 Å². The zero-order chi connectivity index (χ0) is 27.7. The SMILES string of the molecule is CCOC(=O)C1=C(C)N=c2sc(=Cc3ccc(-c4ccc(Br)cc4)o3)c(=O)n2[C@H]1c1ccc(OC)c(OC)c1. The van der Waals surface area contributed by atoms with E-state index in [1.165, 1.54) is 23.0 Å². The molecule has 39 heavy (non-hydrogen) atoms. The van der Waals surface area contributed by atoms with Gasteiger partial charge in [0.15, 0.2) is 16.3 Å². The van der Waals surface area contributed by atoms with E-state index in [0.29, 0.717) is 49.2 Å². The van der Waals surface area contributed by atoms with Gasteiger partial charge in [-0.1, -0.05) is 45.5 Å². The highest BCUT2D eigenvalue weighted by Gasteiger charge is 2.34. The van der Waals surface area contributed by atoms with Gasteiger partial charge in [-0.15, -0.1) is 0 Å². The van der Waals surface area contributed by atoms with Crippen LogP contribution in [0.25, 0.3) is 17.4 Å². The molecule has 200 valence electrons. The molecular weight excluding hydrogens is 584 g/mol. The third kappa shape index (κ3) is 5.09. The average molecular weight is 609 g/mol. The van der Waals surface area contributed by atoms with Crippen LogP contribution in [0.1, 0.15) is 31.2 Å². The van der Waals surface area contributed by atoms with Gasteiger partial charge in [-0.25, -0.2) is 9.79 Å². The minimum absolute atomic E-state index is 0.192. The van der Waals surface area contributed by atoms with Crippen LogP contribution in [-0.4, -0.2) is 31.4 Å². The van der Waals surface area contributed by atoms with E-state index in [2.05, 4.69) is 20.9 Å². The molecule has 0 amide bonds. The molecule has 5 rings (SSSR count). The number of ether oxygens (including phenoxy) is 3. The van der Waals surface area contributed by atoms with Gasteiger partial charge in [-0.2, -0.15) is 0 Å². The van der Waals surface area contributed by atoms with Crippen LogP contribution in [0, 0.1) is 0 Å². The minimum Gasteiger partial charge on any atom is -0.493 e. The van der Waals surface area contributed by atoms with Crippen molar-refractivity contribution in [3.05, 3.63) is 101 Å². The molecule has 0 N–H and O–H groups in total. The van der Waals surface area contributed by atoms with Gasteiger partial charge >= 0.3 is 5.97 Å². The molecule has 1 atom stereocenters. The molecule has 2 aromatic heterocycles. The van der Waals surface area contributed by atoms with Crippen LogP contribution in [-0.2, 0) is 9.53 Å². The minimum atomic E-state index is -0.766. The van der Waals surface area contributed by atoms with Gasteiger partial charge < -0.3 is 18.6 Å². The number of carbonyl (C=O) groups is 1. The lowest BCUT2D eigenvalue weighted by Gasteiger charge is -2.25. The van der Waals surface area contributed by atoms with Crippen molar-refractivity contribution in [2.75, 3.05) is 20.8 Å². The number of rotatable bonds is 7. The van der Waals surface area contributed by atoms with E-state index in [4.69, 9.17) is 18.6 Å². The summed E-state index contributed by atoms with van der Waals surface area (Å²) in [5, 5.41) is 0. The standard InChI is InChI=1S/C29H25BrN2O6S/c1-5-37-28(34)25-16(2)31-29-32(26(25)18-8-12-22(35-3)23(14-18)36-4)27(33)24(39-29)15-20-11-13-21(38-20)17-6-9-19(30)10-7-17/h6-15,26H,5H2,1-4H3/t26-/m0/s1. The van der Waals surface area contributed by atoms with Crippen LogP contribution < -0.4 is 24.4 Å². The van der Waals surface area contributed by atoms with Crippen molar-refractivity contribution in [3.8, 4) is 22.8 Å². The number of furan rings is 1. The largest absolute Gasteiger partial charge is 0.493 e. The molecule has 2 aromatic carbocycles. The number of aromatic nitrogens is 1. The molecular formula is C29H25BrN2O6S. The fourth-order valence-electron chi connectivity index (χ4n) is 4.46. The van der Waals surface area contributed by atoms with Gasteiger partial charge in [0.2, 0.25) is 0 Å². The normalized spacial score (nSPS) is 15.1. The number of fused-ring (bicyclic) bond motifs is 1. The Morgan fingerprint density at radius 1 is 1.10 bits per heavy atom. The summed E-state index contributed by atoms with van der Waals surface area (Å²) >= 11 is 4.67. The molecule has 0 spiro atoms. The molecule has 8 nitrogen and oxygen atoms in total. The van der Waals surface area contributed by atoms with Gasteiger partial charge in [0.25, 0.3) is 5.56 Å². The predicted octanol–water partition coefficient (Wildman–Crippen LogP) is 4.84. The van der Waals surface area contributed by atoms with Crippen molar-refractivity contribution >= 4 is 39.3 Å². The molecule has 10 heteroatoms. The number of esters is 1. The molecule has 0 radical (unpaired) electrons. The first-order valence-corrected chi connectivity index (χ1v) is 13.7. The van der Waals surface area contributed by atoms with Gasteiger partial charge in [0.05, 0.1) is 42.7 Å². The number of methoxy groups -OCH3 is 2. The first kappa shape index (κ1) is 26.7. The number of halogens is 1. The van der Waals surface area contributed by atoms with E-state index in [1.54, 1.807) is 45.2 Å². The van der Waals surface area contributed by atoms with Crippen molar-refractivity contribution in [1.82, 2.24) is 4.57 Å². The molecule has 1 aliphatic rings. The maximum absolute atomic E-state index is 13.8. The maximum atomic E-state index is 13.8. The number of hydrogen-bond donors (Lipinski definition) is 0. The third-order valence-corrected chi connectivity index (χ3v) is 7.78. The van der Waals surface area contributed by atoms with E-state index in [1.807, 2.05) is 36.4 Å². The van der Waals surface area contributed by atoms with Gasteiger partial charge in [-0.05, 0) is 55.8 Å². The summed E-state index contributed by atoms with van der Waals surface area (Å²) < 4.78 is 25.2. The summed E-state index contributed by atoms with van der Waals surface area (Å²) in [5.41, 5.74) is 2.06. The van der Waals surface area contributed by atoms with Crippen LogP contribution in [0.4, 0.5) is 0 Å². The van der Waals surface area contributed by atoms with E-state index >= 15 is 0 Å². The fourth-order valence-corrected chi connectivity index (χ4v) is 5.75. The molecule has 4 aromatic rings. The zero-order valence-electron chi connectivity index (χ0n) is 21.7. The lowest BCUT2D eigenvalue weighted by Crippen LogP contribution is -2.39. The lowest BCUT2D eigenvalue weighted by molar-refractivity contribution is -0.139. The number of thiazole rings is 1. The molecule has 0 bridgehead atoms. The van der Waals surface area contributed by atoms with Crippen LogP contribution >= 0.6 is 27.3 Å². The second-order valence-electron chi connectivity index (χ2n) is 8.63. The lowest BCUT2D eigenvalue weighted by atomic mass is 9.95. The molecule has 0 saturated carbocycles. The topological polar surface area (TPSA) is 92.3 Å². The number of allylic oxidation sites excluding steroid dienone is 1. The number of nitrogens with zero attached hydrogens (tertiary/aromatic N) is 2. The first-order valence-electron chi connectivity index (χ1n) is 12.1. The van der Waals surface area contributed by atoms with E-state index in [-0.39, 0.29) is 12.2 Å². The van der Waals surface area contributed by atoms with Crippen LogP contribution in [0.2, 0.25) is 0 Å². The van der Waals surface area contributed by atoms with E-state index in [0.717, 1.165) is 10.0 Å². The second kappa shape index (κ2) is 11.1. The van der Waals surface area contributed by atoms with Crippen molar-refractivity contribution in [1.29, 1.82) is 0 Å². The second-order valence-corrected chi connectivity index (χ2v) is 10.6. The summed E-state index contributed by atoms with van der Waals surface area (Å²) in [7, 11) is 3.08. The Kier molecular flexibility index (Phi) is 7.58. The van der Waals surface area contributed by atoms with Gasteiger partial charge in [0, 0.05) is 16.1 Å². The van der Waals surface area contributed by atoms with Crippen molar-refractivity contribution in [3.63, 3.8) is 0 Å². The first-order chi connectivity index (χ1) is 18.8. The number of carbonyl (C=O) groups excluding carboxylic acids is 1. The Balaban J connectivity index is 1.65. The summed E-state index contributed by atoms with van der Waals surface area (Å²) in [5.74, 6) is 1.70. The molecule has 0 aliphatic carbocycles. The summed E-state index contributed by atoms with van der Waals surface area (Å²) in [6, 6.07) is 16.0. The summed E-state index contributed by atoms with van der Waals surface area (Å²) in [4.78, 5) is 32.0. The highest BCUT2D eigenvalue weighted by molar-refractivity contribution is 9.10. The highest BCUT2D eigenvalue weighted by Crippen LogP contribution is 2.36. The van der Waals surface area contributed by atoms with Crippen LogP contribution in [0.3, 0.4) is 0 Å².